The maximum absolute atomic E-state index is 13.2. The molecule has 0 bridgehead atoms. The number of benzene rings is 1. The van der Waals surface area contributed by atoms with Gasteiger partial charge in [-0.2, -0.15) is 4.68 Å². The van der Waals surface area contributed by atoms with E-state index in [-0.39, 0.29) is 35.8 Å². The molecule has 4 rings (SSSR count). The number of nitrogens with one attached hydrogen (secondary N) is 1. The Morgan fingerprint density at radius 1 is 1.14 bits per heavy atom. The quantitative estimate of drug-likeness (QED) is 0.290. The highest BCUT2D eigenvalue weighted by atomic mass is 35.5. The molecule has 0 saturated heterocycles. The van der Waals surface area contributed by atoms with E-state index in [0.29, 0.717) is 39.9 Å². The minimum absolute atomic E-state index is 0.0947. The molecule has 3 heterocycles. The van der Waals surface area contributed by atoms with Crippen LogP contribution in [0.15, 0.2) is 45.6 Å². The lowest BCUT2D eigenvalue weighted by molar-refractivity contribution is -0.118. The molecular weight excluding hydrogens is 492 g/mol. The van der Waals surface area contributed by atoms with Crippen molar-refractivity contribution in [2.75, 3.05) is 5.32 Å². The molecule has 0 fully saturated rings. The normalized spacial score (nSPS) is 11.8. The standard InChI is InChI=1S/C28H31ClN4O4/c1-16-8-7-9-23(30-16)33-27(36)25(18(3)32(33)6)31-24(35)15-28(4,5)11-10-22(34)21-14-20(29)13-19-12-17(2)37-26(19)21/h7-9,12-14H,10-11,15H2,1-6H3,(H,31,35). The van der Waals surface area contributed by atoms with E-state index in [2.05, 4.69) is 10.3 Å². The van der Waals surface area contributed by atoms with E-state index in [0.717, 1.165) is 11.1 Å². The first-order valence-electron chi connectivity index (χ1n) is 12.1. The second kappa shape index (κ2) is 10.0. The highest BCUT2D eigenvalue weighted by Gasteiger charge is 2.26. The summed E-state index contributed by atoms with van der Waals surface area (Å²) in [6, 6.07) is 10.7. The zero-order valence-corrected chi connectivity index (χ0v) is 22.7. The van der Waals surface area contributed by atoms with Gasteiger partial charge in [-0.05, 0) is 62.9 Å². The average Bonchev–Trinajstić information content (AvgIpc) is 3.28. The van der Waals surface area contributed by atoms with Crippen molar-refractivity contribution in [3.63, 3.8) is 0 Å². The van der Waals surface area contributed by atoms with Crippen molar-refractivity contribution < 1.29 is 14.0 Å². The van der Waals surface area contributed by atoms with Crippen LogP contribution in [-0.4, -0.2) is 26.0 Å². The van der Waals surface area contributed by atoms with Crippen molar-refractivity contribution in [2.45, 2.75) is 53.9 Å². The number of anilines is 1. The molecule has 9 heteroatoms. The molecule has 0 aliphatic heterocycles. The summed E-state index contributed by atoms with van der Waals surface area (Å²) in [6.45, 7) is 9.30. The third-order valence-electron chi connectivity index (χ3n) is 6.58. The Morgan fingerprint density at radius 2 is 1.86 bits per heavy atom. The fraction of sp³-hybridized carbons (Fsp3) is 0.357. The SMILES string of the molecule is Cc1cccc(-n2c(=O)c(NC(=O)CC(C)(C)CCC(=O)c3cc(Cl)cc4cc(C)oc34)c(C)n2C)n1. The first kappa shape index (κ1) is 26.4. The number of rotatable bonds is 8. The number of ketones is 1. The fourth-order valence-electron chi connectivity index (χ4n) is 4.50. The van der Waals surface area contributed by atoms with E-state index in [1.807, 2.05) is 45.9 Å². The maximum Gasteiger partial charge on any atom is 0.296 e. The van der Waals surface area contributed by atoms with Gasteiger partial charge in [-0.1, -0.05) is 31.5 Å². The first-order chi connectivity index (χ1) is 17.4. The van der Waals surface area contributed by atoms with Gasteiger partial charge in [0.15, 0.2) is 11.6 Å². The topological polar surface area (TPSA) is 99.1 Å². The zero-order valence-electron chi connectivity index (χ0n) is 21.9. The molecule has 3 aromatic heterocycles. The number of pyridine rings is 1. The molecule has 0 spiro atoms. The molecule has 4 aromatic rings. The summed E-state index contributed by atoms with van der Waals surface area (Å²) in [5, 5.41) is 4.06. The van der Waals surface area contributed by atoms with Crippen molar-refractivity contribution in [1.82, 2.24) is 14.3 Å². The number of amides is 1. The zero-order chi connectivity index (χ0) is 27.1. The van der Waals surface area contributed by atoms with Crippen LogP contribution in [0.5, 0.6) is 0 Å². The molecule has 0 radical (unpaired) electrons. The lowest BCUT2D eigenvalue weighted by Crippen LogP contribution is -2.27. The van der Waals surface area contributed by atoms with Crippen LogP contribution in [0.4, 0.5) is 5.69 Å². The highest BCUT2D eigenvalue weighted by Crippen LogP contribution is 2.32. The summed E-state index contributed by atoms with van der Waals surface area (Å²) in [4.78, 5) is 43.6. The number of aromatic nitrogens is 3. The average molecular weight is 523 g/mol. The minimum Gasteiger partial charge on any atom is -0.461 e. The monoisotopic (exact) mass is 522 g/mol. The number of carbonyl (C=O) groups is 2. The molecule has 194 valence electrons. The number of Topliss-reactive ketones (excluding diaryl/α,β-unsaturated/α-hetero) is 1. The number of fused-ring (bicyclic) bond motifs is 1. The largest absolute Gasteiger partial charge is 0.461 e. The number of aryl methyl sites for hydroxylation is 2. The van der Waals surface area contributed by atoms with Crippen molar-refractivity contribution >= 4 is 39.9 Å². The molecule has 1 amide bonds. The Balaban J connectivity index is 1.46. The second-order valence-electron chi connectivity index (χ2n) is 10.3. The van der Waals surface area contributed by atoms with Crippen LogP contribution < -0.4 is 10.9 Å². The number of hydrogen-bond acceptors (Lipinski definition) is 5. The summed E-state index contributed by atoms with van der Waals surface area (Å²) in [5.74, 6) is 0.802. The summed E-state index contributed by atoms with van der Waals surface area (Å²) in [5.41, 5.74) is 1.76. The van der Waals surface area contributed by atoms with Gasteiger partial charge >= 0.3 is 0 Å². The number of hydrogen-bond donors (Lipinski definition) is 1. The molecule has 1 aromatic carbocycles. The molecule has 1 N–H and O–H groups in total. The smallest absolute Gasteiger partial charge is 0.296 e. The maximum atomic E-state index is 13.2. The van der Waals surface area contributed by atoms with Crippen LogP contribution in [0.1, 0.15) is 60.6 Å². The third-order valence-corrected chi connectivity index (χ3v) is 6.80. The van der Waals surface area contributed by atoms with Gasteiger partial charge in [0.05, 0.1) is 11.3 Å². The molecule has 37 heavy (non-hydrogen) atoms. The Morgan fingerprint density at radius 3 is 2.57 bits per heavy atom. The van der Waals surface area contributed by atoms with E-state index in [1.165, 1.54) is 4.68 Å². The van der Waals surface area contributed by atoms with Gasteiger partial charge in [0, 0.05) is 36.0 Å². The molecular formula is C28H31ClN4O4. The Hall–Kier alpha value is -3.65. The van der Waals surface area contributed by atoms with Crippen molar-refractivity contribution in [3.05, 3.63) is 74.5 Å². The van der Waals surface area contributed by atoms with Gasteiger partial charge < -0.3 is 9.73 Å². The minimum atomic E-state index is -0.490. The van der Waals surface area contributed by atoms with Crippen LogP contribution in [0.3, 0.4) is 0 Å². The summed E-state index contributed by atoms with van der Waals surface area (Å²) >= 11 is 6.22. The van der Waals surface area contributed by atoms with Crippen LogP contribution in [0.25, 0.3) is 16.8 Å². The molecule has 0 unspecified atom stereocenters. The van der Waals surface area contributed by atoms with E-state index >= 15 is 0 Å². The van der Waals surface area contributed by atoms with Gasteiger partial charge in [-0.3, -0.25) is 19.1 Å². The number of nitrogens with zero attached hydrogens (tertiary/aromatic N) is 3. The predicted octanol–water partition coefficient (Wildman–Crippen LogP) is 5.91. The van der Waals surface area contributed by atoms with Crippen LogP contribution in [0, 0.1) is 26.2 Å². The highest BCUT2D eigenvalue weighted by molar-refractivity contribution is 6.32. The number of carbonyl (C=O) groups excluding carboxylic acids is 2. The van der Waals surface area contributed by atoms with Crippen LogP contribution >= 0.6 is 11.6 Å². The molecule has 8 nitrogen and oxygen atoms in total. The summed E-state index contributed by atoms with van der Waals surface area (Å²) in [6.07, 6.45) is 0.839. The van der Waals surface area contributed by atoms with Crippen molar-refractivity contribution in [2.24, 2.45) is 12.5 Å². The molecule has 0 aliphatic carbocycles. The number of furan rings is 1. The van der Waals surface area contributed by atoms with E-state index in [4.69, 9.17) is 16.0 Å². The van der Waals surface area contributed by atoms with Crippen LogP contribution in [-0.2, 0) is 11.8 Å². The van der Waals surface area contributed by atoms with Crippen molar-refractivity contribution in [3.8, 4) is 5.82 Å². The Labute approximate surface area is 220 Å². The lowest BCUT2D eigenvalue weighted by Gasteiger charge is -2.23. The summed E-state index contributed by atoms with van der Waals surface area (Å²) in [7, 11) is 1.75. The van der Waals surface area contributed by atoms with Gasteiger partial charge in [0.25, 0.3) is 5.56 Å². The predicted molar refractivity (Wildman–Crippen MR) is 145 cm³/mol. The molecule has 0 atom stereocenters. The van der Waals surface area contributed by atoms with Gasteiger partial charge in [-0.15, -0.1) is 0 Å². The summed E-state index contributed by atoms with van der Waals surface area (Å²) < 4.78 is 8.84. The van der Waals surface area contributed by atoms with E-state index in [9.17, 15) is 14.4 Å². The van der Waals surface area contributed by atoms with Crippen molar-refractivity contribution in [1.29, 1.82) is 0 Å². The lowest BCUT2D eigenvalue weighted by atomic mass is 9.82. The van der Waals surface area contributed by atoms with E-state index < -0.39 is 5.41 Å². The second-order valence-corrected chi connectivity index (χ2v) is 10.7. The number of halogens is 1. The van der Waals surface area contributed by atoms with E-state index in [1.54, 1.807) is 36.9 Å². The Kier molecular flexibility index (Phi) is 7.15. The van der Waals surface area contributed by atoms with Crippen LogP contribution in [0.2, 0.25) is 5.02 Å². The third kappa shape index (κ3) is 5.54. The Bertz CT molecular complexity index is 1580. The van der Waals surface area contributed by atoms with Gasteiger partial charge in [0.2, 0.25) is 5.91 Å². The fourth-order valence-corrected chi connectivity index (χ4v) is 4.73. The van der Waals surface area contributed by atoms with Gasteiger partial charge in [-0.25, -0.2) is 4.98 Å². The first-order valence-corrected chi connectivity index (χ1v) is 12.5. The van der Waals surface area contributed by atoms with Gasteiger partial charge in [0.1, 0.15) is 17.0 Å². The molecule has 0 saturated carbocycles. The molecule has 0 aliphatic rings.